The minimum atomic E-state index is 0.242. The van der Waals surface area contributed by atoms with Crippen LogP contribution >= 0.6 is 0 Å². The number of nitrogens with zero attached hydrogens (tertiary/aromatic N) is 1. The Morgan fingerprint density at radius 1 is 1.05 bits per heavy atom. The molecule has 0 aliphatic carbocycles. The Balaban J connectivity index is 2.00. The molecule has 0 fully saturated rings. The molecule has 0 saturated heterocycles. The van der Waals surface area contributed by atoms with Crippen LogP contribution in [-0.2, 0) is 6.54 Å². The maximum Gasteiger partial charge on any atom is 0.120 e. The van der Waals surface area contributed by atoms with Gasteiger partial charge in [-0.3, -0.25) is 4.99 Å². The van der Waals surface area contributed by atoms with Crippen molar-refractivity contribution in [2.24, 2.45) is 10.7 Å². The number of phenolic OH excluding ortho intramolecular Hbond substituents is 1. The van der Waals surface area contributed by atoms with Crippen molar-refractivity contribution in [1.29, 1.82) is 0 Å². The fraction of sp³-hybridized carbons (Fsp3) is 0.0625. The molecule has 0 radical (unpaired) electrons. The summed E-state index contributed by atoms with van der Waals surface area (Å²) in [5.41, 5.74) is 7.64. The van der Waals surface area contributed by atoms with Crippen LogP contribution in [0.25, 0.3) is 6.08 Å². The highest BCUT2D eigenvalue weighted by atomic mass is 16.3. The maximum absolute atomic E-state index is 9.60. The summed E-state index contributed by atoms with van der Waals surface area (Å²) in [5, 5.41) is 9.60. The molecule has 0 aromatic heterocycles. The number of rotatable bonds is 4. The average molecular weight is 252 g/mol. The molecule has 96 valence electrons. The summed E-state index contributed by atoms with van der Waals surface area (Å²) in [5.74, 6) is 0.679. The SMILES string of the molecule is NC(C=Cc1ccccc1)=NCc1ccccc1O. The fourth-order valence-corrected chi connectivity index (χ4v) is 1.62. The Kier molecular flexibility index (Phi) is 4.34. The molecule has 0 saturated carbocycles. The van der Waals surface area contributed by atoms with Crippen molar-refractivity contribution in [3.05, 3.63) is 71.8 Å². The van der Waals surface area contributed by atoms with Gasteiger partial charge in [-0.2, -0.15) is 0 Å². The van der Waals surface area contributed by atoms with Crippen LogP contribution in [0.3, 0.4) is 0 Å². The van der Waals surface area contributed by atoms with Crippen molar-refractivity contribution in [2.45, 2.75) is 6.54 Å². The molecule has 0 atom stereocenters. The number of amidine groups is 1. The van der Waals surface area contributed by atoms with Crippen molar-refractivity contribution in [3.63, 3.8) is 0 Å². The van der Waals surface area contributed by atoms with Gasteiger partial charge in [0.2, 0.25) is 0 Å². The monoisotopic (exact) mass is 252 g/mol. The summed E-state index contributed by atoms with van der Waals surface area (Å²) in [6.07, 6.45) is 3.67. The minimum Gasteiger partial charge on any atom is -0.508 e. The third-order valence-corrected chi connectivity index (χ3v) is 2.67. The molecule has 2 rings (SSSR count). The Hall–Kier alpha value is -2.55. The van der Waals surface area contributed by atoms with E-state index < -0.39 is 0 Å². The number of aromatic hydroxyl groups is 1. The molecular formula is C16H16N2O. The molecule has 0 heterocycles. The molecule has 3 nitrogen and oxygen atoms in total. The van der Waals surface area contributed by atoms with Crippen molar-refractivity contribution in [2.75, 3.05) is 0 Å². The Morgan fingerprint density at radius 2 is 1.74 bits per heavy atom. The van der Waals surface area contributed by atoms with Crippen molar-refractivity contribution in [1.82, 2.24) is 0 Å². The molecule has 0 aliphatic heterocycles. The molecule has 0 amide bonds. The molecule has 0 spiro atoms. The normalized spacial score (nSPS) is 11.9. The quantitative estimate of drug-likeness (QED) is 0.649. The number of para-hydroxylation sites is 1. The van der Waals surface area contributed by atoms with Gasteiger partial charge in [-0.1, -0.05) is 54.6 Å². The number of phenols is 1. The summed E-state index contributed by atoms with van der Waals surface area (Å²) in [7, 11) is 0. The van der Waals surface area contributed by atoms with Crippen LogP contribution in [0.4, 0.5) is 0 Å². The summed E-state index contributed by atoms with van der Waals surface area (Å²) >= 11 is 0. The Bertz CT molecular complexity index is 589. The minimum absolute atomic E-state index is 0.242. The second kappa shape index (κ2) is 6.40. The third-order valence-electron chi connectivity index (χ3n) is 2.67. The maximum atomic E-state index is 9.60. The highest BCUT2D eigenvalue weighted by molar-refractivity contribution is 5.95. The molecule has 3 N–H and O–H groups in total. The summed E-state index contributed by atoms with van der Waals surface area (Å²) in [4.78, 5) is 4.22. The van der Waals surface area contributed by atoms with E-state index in [-0.39, 0.29) is 5.75 Å². The van der Waals surface area contributed by atoms with Gasteiger partial charge in [0, 0.05) is 5.56 Å². The predicted octanol–water partition coefficient (Wildman–Crippen LogP) is 2.96. The first-order valence-electron chi connectivity index (χ1n) is 6.05. The van der Waals surface area contributed by atoms with Crippen molar-refractivity contribution < 1.29 is 5.11 Å². The topological polar surface area (TPSA) is 58.6 Å². The van der Waals surface area contributed by atoms with E-state index in [9.17, 15) is 5.11 Å². The molecule has 2 aromatic carbocycles. The number of benzene rings is 2. The van der Waals surface area contributed by atoms with E-state index in [1.54, 1.807) is 18.2 Å². The Morgan fingerprint density at radius 3 is 2.47 bits per heavy atom. The lowest BCUT2D eigenvalue weighted by Gasteiger charge is -2.00. The number of hydrogen-bond donors (Lipinski definition) is 2. The number of nitrogens with two attached hydrogens (primary N) is 1. The summed E-state index contributed by atoms with van der Waals surface area (Å²) in [6.45, 7) is 0.373. The molecule has 3 heteroatoms. The van der Waals surface area contributed by atoms with Gasteiger partial charge in [-0.25, -0.2) is 0 Å². The first kappa shape index (κ1) is 12.9. The average Bonchev–Trinajstić information content (AvgIpc) is 2.45. The molecule has 0 unspecified atom stereocenters. The van der Waals surface area contributed by atoms with Gasteiger partial charge < -0.3 is 10.8 Å². The second-order valence-electron chi connectivity index (χ2n) is 4.11. The smallest absolute Gasteiger partial charge is 0.120 e. The van der Waals surface area contributed by atoms with E-state index in [4.69, 9.17) is 5.73 Å². The van der Waals surface area contributed by atoms with Crippen molar-refractivity contribution >= 4 is 11.9 Å². The first-order chi connectivity index (χ1) is 9.25. The van der Waals surface area contributed by atoms with Crippen LogP contribution in [0, 0.1) is 0 Å². The molecular weight excluding hydrogens is 236 g/mol. The van der Waals surface area contributed by atoms with Gasteiger partial charge in [-0.05, 0) is 17.7 Å². The van der Waals surface area contributed by atoms with Crippen LogP contribution in [0.1, 0.15) is 11.1 Å². The third kappa shape index (κ3) is 4.00. The lowest BCUT2D eigenvalue weighted by molar-refractivity contribution is 0.468. The van der Waals surface area contributed by atoms with Gasteiger partial charge in [0.15, 0.2) is 0 Å². The van der Waals surface area contributed by atoms with Crippen molar-refractivity contribution in [3.8, 4) is 5.75 Å². The van der Waals surface area contributed by atoms with Crippen LogP contribution in [0.2, 0.25) is 0 Å². The first-order valence-corrected chi connectivity index (χ1v) is 6.05. The van der Waals surface area contributed by atoms with Crippen LogP contribution in [-0.4, -0.2) is 10.9 Å². The van der Waals surface area contributed by atoms with E-state index in [1.807, 2.05) is 48.5 Å². The second-order valence-corrected chi connectivity index (χ2v) is 4.11. The van der Waals surface area contributed by atoms with Gasteiger partial charge in [-0.15, -0.1) is 0 Å². The zero-order chi connectivity index (χ0) is 13.5. The van der Waals surface area contributed by atoms with Gasteiger partial charge in [0.1, 0.15) is 11.6 Å². The predicted molar refractivity (Wildman–Crippen MR) is 78.9 cm³/mol. The van der Waals surface area contributed by atoms with Gasteiger partial charge >= 0.3 is 0 Å². The zero-order valence-electron chi connectivity index (χ0n) is 10.5. The highest BCUT2D eigenvalue weighted by Crippen LogP contribution is 2.16. The molecule has 0 aliphatic rings. The number of aliphatic imine (C=N–C) groups is 1. The van der Waals surface area contributed by atoms with E-state index >= 15 is 0 Å². The van der Waals surface area contributed by atoms with Crippen LogP contribution in [0.5, 0.6) is 5.75 Å². The largest absolute Gasteiger partial charge is 0.508 e. The van der Waals surface area contributed by atoms with E-state index in [2.05, 4.69) is 4.99 Å². The number of hydrogen-bond acceptors (Lipinski definition) is 2. The summed E-state index contributed by atoms with van der Waals surface area (Å²) in [6, 6.07) is 17.0. The lowest BCUT2D eigenvalue weighted by Crippen LogP contribution is -2.07. The van der Waals surface area contributed by atoms with Gasteiger partial charge in [0.25, 0.3) is 0 Å². The lowest BCUT2D eigenvalue weighted by atomic mass is 10.2. The molecule has 2 aromatic rings. The molecule has 19 heavy (non-hydrogen) atoms. The zero-order valence-corrected chi connectivity index (χ0v) is 10.5. The van der Waals surface area contributed by atoms with Gasteiger partial charge in [0.05, 0.1) is 6.54 Å². The van der Waals surface area contributed by atoms with E-state index in [0.29, 0.717) is 12.4 Å². The van der Waals surface area contributed by atoms with Crippen LogP contribution < -0.4 is 5.73 Å². The Labute approximate surface area is 112 Å². The highest BCUT2D eigenvalue weighted by Gasteiger charge is 1.97. The standard InChI is InChI=1S/C16H16N2O/c17-16(11-10-13-6-2-1-3-7-13)18-12-14-8-4-5-9-15(14)19/h1-11,19H,12H2,(H2,17,18). The fourth-order valence-electron chi connectivity index (χ4n) is 1.62. The van der Waals surface area contributed by atoms with Crippen LogP contribution in [0.15, 0.2) is 65.7 Å². The van der Waals surface area contributed by atoms with E-state index in [1.165, 1.54) is 0 Å². The van der Waals surface area contributed by atoms with E-state index in [0.717, 1.165) is 11.1 Å². The summed E-state index contributed by atoms with van der Waals surface area (Å²) < 4.78 is 0. The molecule has 0 bridgehead atoms.